The Morgan fingerprint density at radius 2 is 2.00 bits per heavy atom. The molecule has 1 unspecified atom stereocenters. The van der Waals surface area contributed by atoms with Gasteiger partial charge in [-0.2, -0.15) is 0 Å². The number of rotatable bonds is 8. The average molecular weight is 425 g/mol. The van der Waals surface area contributed by atoms with Crippen molar-refractivity contribution in [2.24, 2.45) is 0 Å². The summed E-state index contributed by atoms with van der Waals surface area (Å²) in [6.45, 7) is 0.663. The van der Waals surface area contributed by atoms with Crippen molar-refractivity contribution in [1.82, 2.24) is 15.6 Å². The molecular weight excluding hydrogens is 405 g/mol. The fraction of sp³-hybridized carbons (Fsp3) is 0.182. The van der Waals surface area contributed by atoms with Crippen LogP contribution in [0.5, 0.6) is 0 Å². The van der Waals surface area contributed by atoms with Crippen LogP contribution >= 0.6 is 0 Å². The first-order valence-electron chi connectivity index (χ1n) is 9.60. The van der Waals surface area contributed by atoms with Crippen LogP contribution in [0.4, 0.5) is 4.39 Å². The molecular formula is C22H20FN3O5. The largest absolute Gasteiger partial charge is 0.467 e. The maximum Gasteiger partial charge on any atom is 0.257 e. The van der Waals surface area contributed by atoms with E-state index < -0.39 is 17.4 Å². The number of nitrogens with one attached hydrogen (secondary N) is 3. The molecule has 4 rings (SSSR count). The van der Waals surface area contributed by atoms with Crippen LogP contribution in [0.25, 0.3) is 11.1 Å². The lowest BCUT2D eigenvalue weighted by molar-refractivity contribution is 0.0949. The summed E-state index contributed by atoms with van der Waals surface area (Å²) in [5.41, 5.74) is 0.447. The molecule has 1 aromatic carbocycles. The zero-order valence-electron chi connectivity index (χ0n) is 16.4. The quantitative estimate of drug-likeness (QED) is 0.344. The van der Waals surface area contributed by atoms with Gasteiger partial charge in [-0.3, -0.25) is 9.59 Å². The number of carbonyl (C=O) groups excluding carboxylic acids is 1. The topological polar surface area (TPSA) is 120 Å². The Kier molecular flexibility index (Phi) is 5.96. The van der Waals surface area contributed by atoms with Gasteiger partial charge in [0.15, 0.2) is 0 Å². The van der Waals surface area contributed by atoms with E-state index in [0.29, 0.717) is 17.1 Å². The Labute approximate surface area is 175 Å². The predicted molar refractivity (Wildman–Crippen MR) is 110 cm³/mol. The number of pyridine rings is 1. The van der Waals surface area contributed by atoms with Crippen molar-refractivity contribution in [1.29, 1.82) is 0 Å². The van der Waals surface area contributed by atoms with E-state index >= 15 is 0 Å². The summed E-state index contributed by atoms with van der Waals surface area (Å²) in [5, 5.41) is 15.9. The minimum atomic E-state index is -0.808. The molecule has 0 bridgehead atoms. The second kappa shape index (κ2) is 8.99. The highest BCUT2D eigenvalue weighted by Crippen LogP contribution is 2.16. The molecule has 1 amide bonds. The van der Waals surface area contributed by atoms with E-state index in [-0.39, 0.29) is 42.1 Å². The van der Waals surface area contributed by atoms with Gasteiger partial charge in [0, 0.05) is 19.3 Å². The van der Waals surface area contributed by atoms with Crippen LogP contribution in [0.3, 0.4) is 0 Å². The van der Waals surface area contributed by atoms with Crippen LogP contribution in [-0.4, -0.2) is 22.5 Å². The second-order valence-electron chi connectivity index (χ2n) is 6.96. The van der Waals surface area contributed by atoms with Gasteiger partial charge in [-0.05, 0) is 35.9 Å². The van der Waals surface area contributed by atoms with Gasteiger partial charge in [0.25, 0.3) is 5.91 Å². The molecule has 4 aromatic rings. The number of aliphatic hydroxyl groups excluding tert-OH is 1. The van der Waals surface area contributed by atoms with Crippen LogP contribution in [0.15, 0.2) is 68.6 Å². The van der Waals surface area contributed by atoms with Gasteiger partial charge in [0.1, 0.15) is 29.0 Å². The van der Waals surface area contributed by atoms with E-state index in [2.05, 4.69) is 15.6 Å². The van der Waals surface area contributed by atoms with Crippen molar-refractivity contribution in [2.75, 3.05) is 6.54 Å². The number of aromatic nitrogens is 1. The monoisotopic (exact) mass is 425 g/mol. The number of H-pyrrole nitrogens is 1. The summed E-state index contributed by atoms with van der Waals surface area (Å²) in [7, 11) is 0. The number of halogens is 1. The molecule has 31 heavy (non-hydrogen) atoms. The first kappa shape index (κ1) is 20.6. The van der Waals surface area contributed by atoms with Crippen molar-refractivity contribution in [3.63, 3.8) is 0 Å². The summed E-state index contributed by atoms with van der Waals surface area (Å²) >= 11 is 0. The molecule has 3 heterocycles. The molecule has 0 saturated carbocycles. The number of hydrogen-bond acceptors (Lipinski definition) is 6. The normalized spacial score (nSPS) is 12.2. The molecule has 8 nitrogen and oxygen atoms in total. The van der Waals surface area contributed by atoms with Crippen LogP contribution in [0, 0.1) is 5.82 Å². The molecule has 160 valence electrons. The number of aromatic amines is 1. The molecule has 0 saturated heterocycles. The molecule has 4 N–H and O–H groups in total. The fourth-order valence-electron chi connectivity index (χ4n) is 3.12. The summed E-state index contributed by atoms with van der Waals surface area (Å²) in [6, 6.07) is 10.6. The SMILES string of the molecule is O=C(NCc1ccc(F)cc1)c1c[nH]c2oc(CNCC(O)c3ccco3)cc2c1=O. The molecule has 0 aliphatic carbocycles. The number of carbonyl (C=O) groups is 1. The molecule has 3 aromatic heterocycles. The van der Waals surface area contributed by atoms with Gasteiger partial charge in [0.2, 0.25) is 11.1 Å². The Bertz CT molecular complexity index is 1230. The smallest absolute Gasteiger partial charge is 0.257 e. The lowest BCUT2D eigenvalue weighted by Crippen LogP contribution is -2.28. The molecule has 9 heteroatoms. The van der Waals surface area contributed by atoms with Crippen molar-refractivity contribution in [3.8, 4) is 0 Å². The van der Waals surface area contributed by atoms with E-state index in [1.165, 1.54) is 24.6 Å². The highest BCUT2D eigenvalue weighted by molar-refractivity contribution is 5.96. The van der Waals surface area contributed by atoms with E-state index in [1.54, 1.807) is 30.3 Å². The van der Waals surface area contributed by atoms with Gasteiger partial charge in [-0.15, -0.1) is 0 Å². The van der Waals surface area contributed by atoms with E-state index in [0.717, 1.165) is 0 Å². The lowest BCUT2D eigenvalue weighted by Gasteiger charge is -2.07. The average Bonchev–Trinajstić information content (AvgIpc) is 3.44. The van der Waals surface area contributed by atoms with Crippen molar-refractivity contribution >= 4 is 17.0 Å². The van der Waals surface area contributed by atoms with Gasteiger partial charge >= 0.3 is 0 Å². The first-order chi connectivity index (χ1) is 15.0. The Morgan fingerprint density at radius 3 is 2.74 bits per heavy atom. The zero-order valence-corrected chi connectivity index (χ0v) is 16.4. The molecule has 1 atom stereocenters. The van der Waals surface area contributed by atoms with E-state index in [1.807, 2.05) is 0 Å². The zero-order chi connectivity index (χ0) is 21.8. The third-order valence-corrected chi connectivity index (χ3v) is 4.74. The van der Waals surface area contributed by atoms with Crippen molar-refractivity contribution < 1.29 is 23.1 Å². The number of aliphatic hydroxyl groups is 1. The highest BCUT2D eigenvalue weighted by Gasteiger charge is 2.16. The van der Waals surface area contributed by atoms with Crippen LogP contribution in [-0.2, 0) is 13.1 Å². The number of furan rings is 2. The lowest BCUT2D eigenvalue weighted by atomic mass is 10.2. The first-order valence-corrected chi connectivity index (χ1v) is 9.60. The third-order valence-electron chi connectivity index (χ3n) is 4.74. The van der Waals surface area contributed by atoms with Crippen molar-refractivity contribution in [2.45, 2.75) is 19.2 Å². The molecule has 0 fully saturated rings. The predicted octanol–water partition coefficient (Wildman–Crippen LogP) is 2.61. The minimum absolute atomic E-state index is 0.0526. The Morgan fingerprint density at radius 1 is 1.19 bits per heavy atom. The maximum atomic E-state index is 13.0. The van der Waals surface area contributed by atoms with Crippen molar-refractivity contribution in [3.05, 3.63) is 93.6 Å². The Hall–Kier alpha value is -3.69. The summed E-state index contributed by atoms with van der Waals surface area (Å²) < 4.78 is 23.7. The number of benzene rings is 1. The molecule has 0 aliphatic rings. The standard InChI is InChI=1S/C22H20FN3O5/c23-14-5-3-13(4-6-14)9-25-21(29)17-11-26-22-16(20(17)28)8-15(31-22)10-24-12-18(27)19-2-1-7-30-19/h1-8,11,18,24,27H,9-10,12H2,(H,25,29)(H,26,28). The van der Waals surface area contributed by atoms with Crippen LogP contribution < -0.4 is 16.1 Å². The summed E-state index contributed by atoms with van der Waals surface area (Å²) in [4.78, 5) is 28.0. The third kappa shape index (κ3) is 4.73. The fourth-order valence-corrected chi connectivity index (χ4v) is 3.12. The number of hydrogen-bond donors (Lipinski definition) is 4. The molecule has 0 radical (unpaired) electrons. The summed E-state index contributed by atoms with van der Waals surface area (Å²) in [6.07, 6.45) is 1.97. The maximum absolute atomic E-state index is 13.0. The van der Waals surface area contributed by atoms with E-state index in [4.69, 9.17) is 8.83 Å². The van der Waals surface area contributed by atoms with Crippen LogP contribution in [0.2, 0.25) is 0 Å². The Balaban J connectivity index is 1.40. The minimum Gasteiger partial charge on any atom is -0.467 e. The van der Waals surface area contributed by atoms with Gasteiger partial charge < -0.3 is 29.6 Å². The molecule has 0 spiro atoms. The van der Waals surface area contributed by atoms with Gasteiger partial charge in [0.05, 0.1) is 18.2 Å². The van der Waals surface area contributed by atoms with Gasteiger partial charge in [-0.25, -0.2) is 4.39 Å². The van der Waals surface area contributed by atoms with Crippen LogP contribution in [0.1, 0.15) is 33.5 Å². The molecule has 0 aliphatic heterocycles. The van der Waals surface area contributed by atoms with Gasteiger partial charge in [-0.1, -0.05) is 12.1 Å². The highest BCUT2D eigenvalue weighted by atomic mass is 19.1. The second-order valence-corrected chi connectivity index (χ2v) is 6.96. The number of amides is 1. The number of fused-ring (bicyclic) bond motifs is 1. The summed E-state index contributed by atoms with van der Waals surface area (Å²) in [5.74, 6) is 0.00931. The van der Waals surface area contributed by atoms with E-state index in [9.17, 15) is 19.1 Å².